The minimum absolute atomic E-state index is 0.0615. The molecule has 2 aromatic carbocycles. The zero-order valence-electron chi connectivity index (χ0n) is 20.2. The van der Waals surface area contributed by atoms with Crippen molar-refractivity contribution in [3.63, 3.8) is 0 Å². The fraction of sp³-hybridized carbons (Fsp3) is 0.321. The first-order chi connectivity index (χ1) is 17.0. The van der Waals surface area contributed by atoms with Gasteiger partial charge in [-0.05, 0) is 74.9 Å². The highest BCUT2D eigenvalue weighted by Gasteiger charge is 2.37. The van der Waals surface area contributed by atoms with Crippen LogP contribution < -0.4 is 4.74 Å². The first-order valence-electron chi connectivity index (χ1n) is 11.9. The molecule has 0 radical (unpaired) electrons. The Bertz CT molecular complexity index is 1170. The molecule has 2 aliphatic rings. The number of allylic oxidation sites excluding steroid dienone is 1. The molecule has 0 aliphatic carbocycles. The molecule has 182 valence electrons. The summed E-state index contributed by atoms with van der Waals surface area (Å²) in [4.78, 5) is 14.0. The molecule has 2 aromatic rings. The number of rotatable bonds is 7. The second kappa shape index (κ2) is 10.7. The van der Waals surface area contributed by atoms with Crippen LogP contribution in [0.1, 0.15) is 37.3 Å². The lowest BCUT2D eigenvalue weighted by Gasteiger charge is -2.39. The van der Waals surface area contributed by atoms with E-state index >= 15 is 0 Å². The largest absolute Gasteiger partial charge is 0.454 e. The Morgan fingerprint density at radius 1 is 1.29 bits per heavy atom. The van der Waals surface area contributed by atoms with E-state index in [9.17, 15) is 9.18 Å². The summed E-state index contributed by atoms with van der Waals surface area (Å²) in [5, 5.41) is 14.8. The molecule has 1 fully saturated rings. The number of carbonyl (C=O) groups excluding carboxylic acids is 1. The van der Waals surface area contributed by atoms with Gasteiger partial charge < -0.3 is 15.0 Å². The smallest absolute Gasteiger partial charge is 0.246 e. The molecule has 0 aromatic heterocycles. The average molecular weight is 475 g/mol. The van der Waals surface area contributed by atoms with Crippen molar-refractivity contribution in [1.82, 2.24) is 9.91 Å². The Labute approximate surface area is 205 Å². The van der Waals surface area contributed by atoms with Crippen LogP contribution in [-0.4, -0.2) is 52.9 Å². The van der Waals surface area contributed by atoms with Crippen LogP contribution in [-0.2, 0) is 4.79 Å². The number of nitrogens with zero attached hydrogens (tertiary/aromatic N) is 3. The summed E-state index contributed by atoms with van der Waals surface area (Å²) in [6.45, 7) is 8.62. The van der Waals surface area contributed by atoms with Crippen molar-refractivity contribution < 1.29 is 13.9 Å². The predicted molar refractivity (Wildman–Crippen MR) is 137 cm³/mol. The van der Waals surface area contributed by atoms with Crippen molar-refractivity contribution in [1.29, 1.82) is 5.41 Å². The predicted octanol–water partition coefficient (Wildman–Crippen LogP) is 5.48. The van der Waals surface area contributed by atoms with Gasteiger partial charge in [0.05, 0.1) is 17.8 Å². The third kappa shape index (κ3) is 5.04. The van der Waals surface area contributed by atoms with Crippen LogP contribution in [0.4, 0.5) is 4.39 Å². The van der Waals surface area contributed by atoms with E-state index in [1.165, 1.54) is 12.3 Å². The fourth-order valence-corrected chi connectivity index (χ4v) is 4.79. The van der Waals surface area contributed by atoms with Crippen molar-refractivity contribution >= 4 is 17.8 Å². The van der Waals surface area contributed by atoms with Crippen LogP contribution in [0.5, 0.6) is 11.5 Å². The van der Waals surface area contributed by atoms with Crippen molar-refractivity contribution in [2.75, 3.05) is 13.1 Å². The molecule has 35 heavy (non-hydrogen) atoms. The topological polar surface area (TPSA) is 69.0 Å². The molecule has 6 nitrogen and oxygen atoms in total. The standard InChI is InChI=1S/C28H31FN4O2/c1-4-23-24(15-16-30)33(21-9-7-17-32(18-21)26(34)5-2)31-28(23)20-11-13-22(14-12-20)35-25-10-6-8-19(3)27(25)29/h4-6,8,10-14,16,21,24,30H,2,7,9,15,17-18H2,1,3H3/b23-4+,30-16?/t21-,24?/m1/s1. The van der Waals surface area contributed by atoms with Crippen molar-refractivity contribution in [3.05, 3.63) is 83.7 Å². The number of likely N-dealkylation sites (tertiary alicyclic amines) is 1. The van der Waals surface area contributed by atoms with Gasteiger partial charge in [-0.3, -0.25) is 9.80 Å². The molecule has 2 heterocycles. The normalized spacial score (nSPS) is 21.1. The number of nitrogens with one attached hydrogen (secondary N) is 1. The minimum Gasteiger partial charge on any atom is -0.454 e. The Morgan fingerprint density at radius 2 is 2.06 bits per heavy atom. The SMILES string of the molecule is C=CC(=O)N1CCC[C@@H](N2N=C(c3ccc(Oc4cccc(C)c4F)cc3)/C(=C/C)C2CC=N)C1. The van der Waals surface area contributed by atoms with E-state index in [1.54, 1.807) is 25.1 Å². The van der Waals surface area contributed by atoms with Crippen LogP contribution in [0.3, 0.4) is 0 Å². The van der Waals surface area contributed by atoms with E-state index < -0.39 is 0 Å². The number of hydrogen-bond acceptors (Lipinski definition) is 5. The van der Waals surface area contributed by atoms with Crippen LogP contribution >= 0.6 is 0 Å². The Morgan fingerprint density at radius 3 is 2.74 bits per heavy atom. The Balaban J connectivity index is 1.60. The molecule has 1 N–H and O–H groups in total. The molecule has 0 bridgehead atoms. The number of ether oxygens (including phenoxy) is 1. The summed E-state index contributed by atoms with van der Waals surface area (Å²) in [6, 6.07) is 12.6. The molecule has 7 heteroatoms. The van der Waals surface area contributed by atoms with E-state index in [2.05, 4.69) is 17.7 Å². The van der Waals surface area contributed by atoms with Crippen LogP contribution in [0.25, 0.3) is 0 Å². The molecular weight excluding hydrogens is 443 g/mol. The molecule has 4 rings (SSSR count). The molecule has 2 atom stereocenters. The van der Waals surface area contributed by atoms with Crippen LogP contribution in [0, 0.1) is 18.2 Å². The molecule has 1 amide bonds. The van der Waals surface area contributed by atoms with E-state index in [-0.39, 0.29) is 29.6 Å². The number of halogens is 1. The van der Waals surface area contributed by atoms with Crippen molar-refractivity contribution in [3.8, 4) is 11.5 Å². The number of hydrogen-bond donors (Lipinski definition) is 1. The Hall–Kier alpha value is -3.74. The van der Waals surface area contributed by atoms with Gasteiger partial charge in [0.15, 0.2) is 11.6 Å². The zero-order valence-corrected chi connectivity index (χ0v) is 20.2. The molecule has 2 aliphatic heterocycles. The highest BCUT2D eigenvalue weighted by molar-refractivity contribution is 6.14. The maximum absolute atomic E-state index is 14.3. The highest BCUT2D eigenvalue weighted by Crippen LogP contribution is 2.33. The van der Waals surface area contributed by atoms with Crippen LogP contribution in [0.2, 0.25) is 0 Å². The quantitative estimate of drug-likeness (QED) is 0.427. The summed E-state index contributed by atoms with van der Waals surface area (Å²) in [7, 11) is 0. The van der Waals surface area contributed by atoms with Gasteiger partial charge in [0, 0.05) is 30.6 Å². The third-order valence-electron chi connectivity index (χ3n) is 6.59. The van der Waals surface area contributed by atoms with Gasteiger partial charge in [0.1, 0.15) is 5.75 Å². The number of hydrazone groups is 1. The van der Waals surface area contributed by atoms with E-state index in [1.807, 2.05) is 36.1 Å². The molecule has 0 saturated carbocycles. The van der Waals surface area contributed by atoms with Crippen molar-refractivity contribution in [2.24, 2.45) is 5.10 Å². The van der Waals surface area contributed by atoms with Crippen LogP contribution in [0.15, 0.2) is 71.9 Å². The van der Waals surface area contributed by atoms with E-state index in [0.717, 1.165) is 36.2 Å². The first-order valence-corrected chi connectivity index (χ1v) is 11.9. The number of carbonyl (C=O) groups is 1. The van der Waals surface area contributed by atoms with Gasteiger partial charge in [0.25, 0.3) is 0 Å². The summed E-state index contributed by atoms with van der Waals surface area (Å²) in [5.74, 6) is 0.305. The lowest BCUT2D eigenvalue weighted by molar-refractivity contribution is -0.128. The van der Waals surface area contributed by atoms with E-state index in [0.29, 0.717) is 24.3 Å². The van der Waals surface area contributed by atoms with Crippen molar-refractivity contribution in [2.45, 2.75) is 45.2 Å². The third-order valence-corrected chi connectivity index (χ3v) is 6.59. The molecule has 1 unspecified atom stereocenters. The van der Waals surface area contributed by atoms with E-state index in [4.69, 9.17) is 15.2 Å². The second-order valence-corrected chi connectivity index (χ2v) is 8.83. The Kier molecular flexibility index (Phi) is 7.44. The minimum atomic E-state index is -0.366. The maximum Gasteiger partial charge on any atom is 0.246 e. The van der Waals surface area contributed by atoms with Gasteiger partial charge in [-0.25, -0.2) is 4.39 Å². The summed E-state index contributed by atoms with van der Waals surface area (Å²) in [5.41, 5.74) is 3.35. The number of aryl methyl sites for hydroxylation is 1. The summed E-state index contributed by atoms with van der Waals surface area (Å²) >= 11 is 0. The second-order valence-electron chi connectivity index (χ2n) is 8.83. The van der Waals surface area contributed by atoms with Gasteiger partial charge in [-0.2, -0.15) is 5.10 Å². The zero-order chi connectivity index (χ0) is 24.9. The maximum atomic E-state index is 14.3. The number of benzene rings is 2. The average Bonchev–Trinajstić information content (AvgIpc) is 3.25. The monoisotopic (exact) mass is 474 g/mol. The number of amides is 1. The van der Waals surface area contributed by atoms with Gasteiger partial charge in [0.2, 0.25) is 5.91 Å². The lowest BCUT2D eigenvalue weighted by Crippen LogP contribution is -2.49. The molecular formula is C28H31FN4O2. The molecule has 0 spiro atoms. The first kappa shape index (κ1) is 24.4. The molecule has 1 saturated heterocycles. The number of piperidine rings is 1. The summed E-state index contributed by atoms with van der Waals surface area (Å²) in [6.07, 6.45) is 7.19. The summed E-state index contributed by atoms with van der Waals surface area (Å²) < 4.78 is 20.1. The fourth-order valence-electron chi connectivity index (χ4n) is 4.79. The van der Waals surface area contributed by atoms with Gasteiger partial charge in [-0.15, -0.1) is 0 Å². The van der Waals surface area contributed by atoms with Gasteiger partial charge >= 0.3 is 0 Å². The lowest BCUT2D eigenvalue weighted by atomic mass is 9.94. The van der Waals surface area contributed by atoms with Gasteiger partial charge in [-0.1, -0.05) is 24.8 Å². The highest BCUT2D eigenvalue weighted by atomic mass is 19.1.